The SMILES string of the molecule is CS(=O)(=O)c1ccccc1C(=O)NCCCCCCCC(=O)O. The summed E-state index contributed by atoms with van der Waals surface area (Å²) in [5, 5.41) is 11.2. The molecule has 0 saturated carbocycles. The Hall–Kier alpha value is -1.89. The van der Waals surface area contributed by atoms with Gasteiger partial charge in [-0.05, 0) is 25.0 Å². The maximum absolute atomic E-state index is 12.1. The van der Waals surface area contributed by atoms with Crippen molar-refractivity contribution in [1.82, 2.24) is 5.32 Å². The highest BCUT2D eigenvalue weighted by Crippen LogP contribution is 2.15. The van der Waals surface area contributed by atoms with Crippen molar-refractivity contribution in [3.63, 3.8) is 0 Å². The number of carboxylic acid groups (broad SMARTS) is 1. The number of hydrogen-bond donors (Lipinski definition) is 2. The highest BCUT2D eigenvalue weighted by Gasteiger charge is 2.17. The number of aliphatic carboxylic acids is 1. The first-order chi connectivity index (χ1) is 10.8. The molecule has 1 amide bonds. The standard InChI is InChI=1S/C16H23NO5S/c1-23(21,22)14-10-7-6-9-13(14)16(20)17-12-8-4-2-3-5-11-15(18)19/h6-7,9-10H,2-5,8,11-12H2,1H3,(H,17,20)(H,18,19). The summed E-state index contributed by atoms with van der Waals surface area (Å²) in [6.45, 7) is 0.468. The van der Waals surface area contributed by atoms with Gasteiger partial charge in [-0.3, -0.25) is 9.59 Å². The van der Waals surface area contributed by atoms with Gasteiger partial charge in [0.25, 0.3) is 5.91 Å². The molecule has 128 valence electrons. The maximum Gasteiger partial charge on any atom is 0.303 e. The van der Waals surface area contributed by atoms with Gasteiger partial charge in [0.05, 0.1) is 10.5 Å². The molecule has 0 atom stereocenters. The number of nitrogens with one attached hydrogen (secondary N) is 1. The van der Waals surface area contributed by atoms with Gasteiger partial charge >= 0.3 is 5.97 Å². The molecule has 1 aromatic carbocycles. The molecule has 0 spiro atoms. The number of unbranched alkanes of at least 4 members (excludes halogenated alkanes) is 4. The van der Waals surface area contributed by atoms with Crippen molar-refractivity contribution in [1.29, 1.82) is 0 Å². The lowest BCUT2D eigenvalue weighted by molar-refractivity contribution is -0.137. The van der Waals surface area contributed by atoms with Crippen molar-refractivity contribution < 1.29 is 23.1 Å². The monoisotopic (exact) mass is 341 g/mol. The van der Waals surface area contributed by atoms with Crippen molar-refractivity contribution in [3.05, 3.63) is 29.8 Å². The second-order valence-corrected chi connectivity index (χ2v) is 7.42. The molecule has 0 aliphatic carbocycles. The zero-order valence-electron chi connectivity index (χ0n) is 13.2. The minimum atomic E-state index is -3.44. The third kappa shape index (κ3) is 7.27. The van der Waals surface area contributed by atoms with Crippen molar-refractivity contribution in [2.75, 3.05) is 12.8 Å². The van der Waals surface area contributed by atoms with Crippen LogP contribution in [-0.4, -0.2) is 38.2 Å². The van der Waals surface area contributed by atoms with Gasteiger partial charge in [-0.25, -0.2) is 8.42 Å². The van der Waals surface area contributed by atoms with Crippen molar-refractivity contribution in [2.45, 2.75) is 43.4 Å². The van der Waals surface area contributed by atoms with Gasteiger partial charge in [-0.2, -0.15) is 0 Å². The average molecular weight is 341 g/mol. The van der Waals surface area contributed by atoms with Gasteiger partial charge in [-0.1, -0.05) is 31.4 Å². The normalized spacial score (nSPS) is 11.2. The van der Waals surface area contributed by atoms with Crippen LogP contribution in [0, 0.1) is 0 Å². The summed E-state index contributed by atoms with van der Waals surface area (Å²) < 4.78 is 23.3. The molecule has 7 heteroatoms. The van der Waals surface area contributed by atoms with Gasteiger partial charge < -0.3 is 10.4 Å². The first-order valence-electron chi connectivity index (χ1n) is 7.61. The minimum absolute atomic E-state index is 0.0335. The number of benzene rings is 1. The van der Waals surface area contributed by atoms with Crippen LogP contribution in [0.1, 0.15) is 48.9 Å². The Morgan fingerprint density at radius 1 is 1.04 bits per heavy atom. The minimum Gasteiger partial charge on any atom is -0.481 e. The third-order valence-corrected chi connectivity index (χ3v) is 4.54. The molecule has 2 N–H and O–H groups in total. The molecule has 0 aliphatic heterocycles. The van der Waals surface area contributed by atoms with E-state index in [4.69, 9.17) is 5.11 Å². The average Bonchev–Trinajstić information content (AvgIpc) is 2.48. The van der Waals surface area contributed by atoms with E-state index < -0.39 is 21.7 Å². The van der Waals surface area contributed by atoms with Crippen LogP contribution in [0.15, 0.2) is 29.2 Å². The Morgan fingerprint density at radius 2 is 1.65 bits per heavy atom. The fourth-order valence-corrected chi connectivity index (χ4v) is 3.09. The summed E-state index contributed by atoms with van der Waals surface area (Å²) in [5.41, 5.74) is 0.163. The Kier molecular flexibility index (Phi) is 7.74. The molecule has 0 bridgehead atoms. The number of rotatable bonds is 10. The van der Waals surface area contributed by atoms with E-state index in [2.05, 4.69) is 5.32 Å². The quantitative estimate of drug-likeness (QED) is 0.636. The van der Waals surface area contributed by atoms with Crippen LogP contribution in [0.25, 0.3) is 0 Å². The van der Waals surface area contributed by atoms with Crippen LogP contribution < -0.4 is 5.32 Å². The molecule has 0 unspecified atom stereocenters. The topological polar surface area (TPSA) is 101 Å². The fraction of sp³-hybridized carbons (Fsp3) is 0.500. The van der Waals surface area contributed by atoms with E-state index in [1.54, 1.807) is 12.1 Å². The van der Waals surface area contributed by atoms with Crippen LogP contribution in [0.2, 0.25) is 0 Å². The molecule has 0 saturated heterocycles. The van der Waals surface area contributed by atoms with E-state index in [0.717, 1.165) is 31.9 Å². The summed E-state index contributed by atoms with van der Waals surface area (Å²) in [6, 6.07) is 6.14. The lowest BCUT2D eigenvalue weighted by Gasteiger charge is -2.08. The first kappa shape index (κ1) is 19.2. The third-order valence-electron chi connectivity index (χ3n) is 3.38. The van der Waals surface area contributed by atoms with Crippen LogP contribution >= 0.6 is 0 Å². The first-order valence-corrected chi connectivity index (χ1v) is 9.50. The summed E-state index contributed by atoms with van der Waals surface area (Å²) >= 11 is 0. The molecular formula is C16H23NO5S. The Morgan fingerprint density at radius 3 is 2.30 bits per heavy atom. The highest BCUT2D eigenvalue weighted by atomic mass is 32.2. The van der Waals surface area contributed by atoms with Crippen LogP contribution in [-0.2, 0) is 14.6 Å². The Balaban J connectivity index is 2.34. The highest BCUT2D eigenvalue weighted by molar-refractivity contribution is 7.90. The number of carbonyl (C=O) groups excluding carboxylic acids is 1. The van der Waals surface area contributed by atoms with Crippen LogP contribution in [0.5, 0.6) is 0 Å². The van der Waals surface area contributed by atoms with Crippen molar-refractivity contribution >= 4 is 21.7 Å². The molecule has 0 heterocycles. The molecule has 23 heavy (non-hydrogen) atoms. The molecule has 1 aromatic rings. The van der Waals surface area contributed by atoms with Crippen LogP contribution in [0.3, 0.4) is 0 Å². The van der Waals surface area contributed by atoms with E-state index in [1.165, 1.54) is 12.1 Å². The lowest BCUT2D eigenvalue weighted by Crippen LogP contribution is -2.26. The number of hydrogen-bond acceptors (Lipinski definition) is 4. The Labute approximate surface area is 136 Å². The second kappa shape index (κ2) is 9.29. The maximum atomic E-state index is 12.1. The molecule has 0 radical (unpaired) electrons. The Bertz CT molecular complexity index is 640. The van der Waals surface area contributed by atoms with Crippen LogP contribution in [0.4, 0.5) is 0 Å². The molecule has 1 rings (SSSR count). The van der Waals surface area contributed by atoms with E-state index in [9.17, 15) is 18.0 Å². The largest absolute Gasteiger partial charge is 0.481 e. The lowest BCUT2D eigenvalue weighted by atomic mass is 10.1. The number of amides is 1. The van der Waals surface area contributed by atoms with Gasteiger partial charge in [0, 0.05) is 19.2 Å². The van der Waals surface area contributed by atoms with Gasteiger partial charge in [0.15, 0.2) is 9.84 Å². The number of sulfone groups is 1. The molecule has 0 aromatic heterocycles. The number of carboxylic acids is 1. The van der Waals surface area contributed by atoms with Gasteiger partial charge in [0.1, 0.15) is 0 Å². The van der Waals surface area contributed by atoms with Crippen molar-refractivity contribution in [3.8, 4) is 0 Å². The zero-order chi connectivity index (χ0) is 17.3. The molecular weight excluding hydrogens is 318 g/mol. The summed E-state index contributed by atoms with van der Waals surface area (Å²) in [5.74, 6) is -1.17. The number of carbonyl (C=O) groups is 2. The van der Waals surface area contributed by atoms with E-state index in [0.29, 0.717) is 13.0 Å². The summed E-state index contributed by atoms with van der Waals surface area (Å²) in [4.78, 5) is 22.5. The summed E-state index contributed by atoms with van der Waals surface area (Å²) in [6.07, 6.45) is 5.40. The van der Waals surface area contributed by atoms with Gasteiger partial charge in [0.2, 0.25) is 0 Å². The smallest absolute Gasteiger partial charge is 0.303 e. The van der Waals surface area contributed by atoms with E-state index in [-0.39, 0.29) is 16.9 Å². The van der Waals surface area contributed by atoms with E-state index in [1.807, 2.05) is 0 Å². The fourth-order valence-electron chi connectivity index (χ4n) is 2.21. The predicted octanol–water partition coefficient (Wildman–Crippen LogP) is 2.25. The molecule has 0 fully saturated rings. The van der Waals surface area contributed by atoms with E-state index >= 15 is 0 Å². The second-order valence-electron chi connectivity index (χ2n) is 5.44. The van der Waals surface area contributed by atoms with Crippen molar-refractivity contribution in [2.24, 2.45) is 0 Å². The zero-order valence-corrected chi connectivity index (χ0v) is 14.1. The predicted molar refractivity (Wildman–Crippen MR) is 87.2 cm³/mol. The molecule has 0 aliphatic rings. The molecule has 6 nitrogen and oxygen atoms in total. The summed E-state index contributed by atoms with van der Waals surface area (Å²) in [7, 11) is -3.44. The van der Waals surface area contributed by atoms with Gasteiger partial charge in [-0.15, -0.1) is 0 Å².